The van der Waals surface area contributed by atoms with Crippen LogP contribution in [-0.2, 0) is 45.8 Å². The van der Waals surface area contributed by atoms with Crippen molar-refractivity contribution in [2.75, 3.05) is 17.7 Å². The van der Waals surface area contributed by atoms with E-state index >= 15 is 0 Å². The lowest BCUT2D eigenvalue weighted by Gasteiger charge is -2.25. The molecule has 3 amide bonds. The summed E-state index contributed by atoms with van der Waals surface area (Å²) in [6.45, 7) is 3.16. The molecule has 24 nitrogen and oxygen atoms in total. The minimum absolute atomic E-state index is 0.0416. The van der Waals surface area contributed by atoms with Gasteiger partial charge in [-0.3, -0.25) is 14.2 Å². The smallest absolute Gasteiger partial charge is 0.362 e. The van der Waals surface area contributed by atoms with Crippen LogP contribution in [0, 0.1) is 0 Å². The van der Waals surface area contributed by atoms with Crippen LogP contribution in [0.2, 0.25) is 0 Å². The van der Waals surface area contributed by atoms with Crippen LogP contribution >= 0.6 is 11.3 Å². The summed E-state index contributed by atoms with van der Waals surface area (Å²) in [5, 5.41) is 41.5. The van der Waals surface area contributed by atoms with Gasteiger partial charge in [-0.2, -0.15) is 8.42 Å². The van der Waals surface area contributed by atoms with E-state index in [1.807, 2.05) is 0 Å². The number of aromatic nitrogens is 5. The molecule has 0 aliphatic heterocycles. The molecular weight excluding hydrogens is 773 g/mol. The van der Waals surface area contributed by atoms with E-state index in [9.17, 15) is 60.9 Å². The Morgan fingerprint density at radius 2 is 1.81 bits per heavy atom. The van der Waals surface area contributed by atoms with Crippen LogP contribution < -0.4 is 32.2 Å². The second-order valence-electron chi connectivity index (χ2n) is 11.5. The van der Waals surface area contributed by atoms with Crippen molar-refractivity contribution in [3.8, 4) is 17.3 Å². The molecule has 0 saturated heterocycles. The number of urea groups is 1. The highest BCUT2D eigenvalue weighted by Crippen LogP contribution is 2.17. The third-order valence-electron chi connectivity index (χ3n) is 6.89. The number of carboxylic acid groups (broad SMARTS) is 2. The summed E-state index contributed by atoms with van der Waals surface area (Å²) in [4.78, 5) is 86.6. The number of nitrogen functional groups attached to an aromatic ring is 1. The number of anilines is 1. The molecule has 2 atom stereocenters. The molecule has 9 N–H and O–H groups in total. The van der Waals surface area contributed by atoms with Crippen molar-refractivity contribution in [1.29, 1.82) is 0 Å². The fourth-order valence-corrected chi connectivity index (χ4v) is 6.20. The van der Waals surface area contributed by atoms with Crippen LogP contribution in [0.3, 0.4) is 0 Å². The molecule has 3 rings (SSSR count). The summed E-state index contributed by atoms with van der Waals surface area (Å²) < 4.78 is 51.8. The van der Waals surface area contributed by atoms with Gasteiger partial charge in [0.05, 0.1) is 17.5 Å². The third-order valence-corrected chi connectivity index (χ3v) is 9.73. The second-order valence-corrected chi connectivity index (χ2v) is 16.1. The number of carbonyl (C=O) groups is 4. The number of pyridine rings is 1. The summed E-state index contributed by atoms with van der Waals surface area (Å²) in [7, 11) is -8.78. The van der Waals surface area contributed by atoms with E-state index in [1.165, 1.54) is 17.0 Å². The number of aromatic amines is 1. The number of nitrogens with zero attached hydrogens (tertiary/aromatic N) is 5. The highest BCUT2D eigenvalue weighted by atomic mass is 32.2. The number of sulfone groups is 1. The zero-order valence-electron chi connectivity index (χ0n) is 28.1. The predicted molar refractivity (Wildman–Crippen MR) is 184 cm³/mol. The zero-order valence-corrected chi connectivity index (χ0v) is 30.5. The van der Waals surface area contributed by atoms with Crippen LogP contribution in [0.4, 0.5) is 9.93 Å². The van der Waals surface area contributed by atoms with E-state index < -0.39 is 102 Å². The van der Waals surface area contributed by atoms with Crippen molar-refractivity contribution in [1.82, 2.24) is 39.1 Å². The topological polar surface area (TPSA) is 367 Å². The van der Waals surface area contributed by atoms with Crippen LogP contribution in [0.1, 0.15) is 39.3 Å². The van der Waals surface area contributed by atoms with Gasteiger partial charge in [0.25, 0.3) is 5.91 Å². The number of thiazole rings is 1. The Hall–Kier alpha value is -5.83. The molecule has 0 bridgehead atoms. The Labute approximate surface area is 302 Å². The van der Waals surface area contributed by atoms with E-state index in [2.05, 4.69) is 30.9 Å². The first-order chi connectivity index (χ1) is 24.5. The van der Waals surface area contributed by atoms with E-state index in [4.69, 9.17) is 10.6 Å². The Bertz CT molecular complexity index is 2270. The van der Waals surface area contributed by atoms with Crippen LogP contribution in [0.25, 0.3) is 11.5 Å². The Kier molecular flexibility index (Phi) is 12.7. The summed E-state index contributed by atoms with van der Waals surface area (Å²) in [6.07, 6.45) is 1.29. The van der Waals surface area contributed by atoms with Gasteiger partial charge in [0, 0.05) is 30.4 Å². The molecule has 0 aromatic carbocycles. The zero-order chi connectivity index (χ0) is 40.1. The first-order valence-corrected chi connectivity index (χ1v) is 19.2. The molecule has 3 aromatic heterocycles. The fraction of sp³-hybridized carbons (Fsp3) is 0.423. The summed E-state index contributed by atoms with van der Waals surface area (Å²) in [5.41, 5.74) is 0.130. The molecule has 3 aromatic rings. The van der Waals surface area contributed by atoms with Crippen molar-refractivity contribution >= 4 is 66.1 Å². The summed E-state index contributed by atoms with van der Waals surface area (Å²) in [6, 6.07) is -4.37. The normalized spacial score (nSPS) is 13.5. The van der Waals surface area contributed by atoms with Gasteiger partial charge in [-0.15, -0.1) is 16.4 Å². The maximum Gasteiger partial charge on any atom is 0.362 e. The Balaban J connectivity index is 1.91. The Morgan fingerprint density at radius 3 is 2.34 bits per heavy atom. The maximum absolute atomic E-state index is 13.3. The van der Waals surface area contributed by atoms with Crippen molar-refractivity contribution in [3.63, 3.8) is 0 Å². The number of H-pyrrole nitrogens is 1. The summed E-state index contributed by atoms with van der Waals surface area (Å²) >= 11 is 0.860. The standard InChI is InChI=1S/C26H34N10O14S3/c1-5-12(18(21(40)41)31-20(39)17(14-11-51-23(27)29-14)33-50-26(2,3)22(42)43)30-24(44)34-53(48,49)36-25(45)35(7-6-8-52(4,46)47)19(32-36)13-9-15(37)16(38)10-28-13/h9-12,18,38H,5-8H2,1-4H3,(H2,27,29)(H,28,37)(H,31,39)(H,40,41)(H,42,43)(H2,30,34,44)/b33-17-/t12-,18-/m0/s1. The minimum atomic E-state index is -5.26. The fourth-order valence-electron chi connectivity index (χ4n) is 4.13. The van der Waals surface area contributed by atoms with E-state index in [1.54, 1.807) is 0 Å². The van der Waals surface area contributed by atoms with Crippen molar-refractivity contribution in [3.05, 3.63) is 44.0 Å². The number of amides is 3. The predicted octanol–water partition coefficient (Wildman–Crippen LogP) is -2.40. The number of hydrogen-bond acceptors (Lipinski definition) is 17. The lowest BCUT2D eigenvalue weighted by Crippen LogP contribution is -2.59. The van der Waals surface area contributed by atoms with Crippen LogP contribution in [0.15, 0.2) is 32.4 Å². The van der Waals surface area contributed by atoms with Crippen molar-refractivity contribution in [2.45, 2.75) is 57.8 Å². The van der Waals surface area contributed by atoms with Gasteiger partial charge in [-0.25, -0.2) is 37.3 Å². The molecule has 0 saturated carbocycles. The monoisotopic (exact) mass is 806 g/mol. The SMILES string of the molecule is CC[C@H](NC(=O)NS(=O)(=O)n1nc(-c2cc(=O)c(O)c[nH]2)n(CCCS(C)(=O)=O)c1=O)[C@H](NC(=O)/C(=N\OC(C)(C)C(=O)O)c1csc(N)n1)C(=O)O. The number of nitrogens with one attached hydrogen (secondary N) is 4. The number of aromatic hydroxyl groups is 1. The van der Waals surface area contributed by atoms with Gasteiger partial charge in [-0.1, -0.05) is 16.2 Å². The summed E-state index contributed by atoms with van der Waals surface area (Å²) in [5.74, 6) is -6.12. The molecule has 0 aliphatic rings. The molecule has 0 radical (unpaired) electrons. The number of nitrogens with two attached hydrogens (primary N) is 1. The number of carbonyl (C=O) groups excluding carboxylic acids is 2. The first-order valence-electron chi connectivity index (χ1n) is 14.9. The van der Waals surface area contributed by atoms with E-state index in [0.717, 1.165) is 43.7 Å². The second kappa shape index (κ2) is 16.2. The van der Waals surface area contributed by atoms with Gasteiger partial charge in [0.15, 0.2) is 22.4 Å². The number of rotatable bonds is 17. The average Bonchev–Trinajstić information content (AvgIpc) is 3.62. The van der Waals surface area contributed by atoms with Gasteiger partial charge in [-0.05, 0) is 26.7 Å². The molecule has 0 unspecified atom stereocenters. The molecule has 0 spiro atoms. The van der Waals surface area contributed by atoms with Crippen molar-refractivity contribution < 1.29 is 56.2 Å². The van der Waals surface area contributed by atoms with Crippen molar-refractivity contribution in [2.24, 2.45) is 5.16 Å². The molecule has 27 heteroatoms. The van der Waals surface area contributed by atoms with Gasteiger partial charge < -0.3 is 41.5 Å². The molecule has 0 fully saturated rings. The number of oxime groups is 1. The number of hydrogen-bond donors (Lipinski definition) is 8. The van der Waals surface area contributed by atoms with Crippen LogP contribution in [0.5, 0.6) is 5.75 Å². The molecule has 290 valence electrons. The Morgan fingerprint density at radius 1 is 1.15 bits per heavy atom. The maximum atomic E-state index is 13.3. The lowest BCUT2D eigenvalue weighted by atomic mass is 10.1. The van der Waals surface area contributed by atoms with Gasteiger partial charge in [0.2, 0.25) is 11.0 Å². The largest absolute Gasteiger partial charge is 0.503 e. The first kappa shape index (κ1) is 41.6. The van der Waals surface area contributed by atoms with Gasteiger partial charge in [0.1, 0.15) is 21.6 Å². The number of aliphatic carboxylic acids is 2. The highest BCUT2D eigenvalue weighted by Gasteiger charge is 2.35. The van der Waals surface area contributed by atoms with Gasteiger partial charge >= 0.3 is 33.9 Å². The third kappa shape index (κ3) is 10.6. The lowest BCUT2D eigenvalue weighted by molar-refractivity contribution is -0.161. The molecule has 0 aliphatic carbocycles. The van der Waals surface area contributed by atoms with E-state index in [-0.39, 0.29) is 33.4 Å². The molecule has 3 heterocycles. The highest BCUT2D eigenvalue weighted by molar-refractivity contribution is 7.90. The van der Waals surface area contributed by atoms with Crippen LogP contribution in [-0.4, -0.2) is 115 Å². The van der Waals surface area contributed by atoms with E-state index in [0.29, 0.717) is 4.57 Å². The molecule has 53 heavy (non-hydrogen) atoms. The minimum Gasteiger partial charge on any atom is -0.503 e. The molecular formula is C26H34N10O14S3. The average molecular weight is 807 g/mol. The number of carboxylic acids is 2. The quantitative estimate of drug-likeness (QED) is 0.0521.